The molecule has 1 amide bonds. The fourth-order valence-corrected chi connectivity index (χ4v) is 3.10. The molecule has 0 aliphatic rings. The van der Waals surface area contributed by atoms with Gasteiger partial charge in [0.2, 0.25) is 5.89 Å². The molecule has 3 N–H and O–H groups in total. The van der Waals surface area contributed by atoms with Gasteiger partial charge in [-0.1, -0.05) is 19.4 Å². The summed E-state index contributed by atoms with van der Waals surface area (Å²) in [7, 11) is 1.55. The summed E-state index contributed by atoms with van der Waals surface area (Å²) in [6, 6.07) is 7.71. The Labute approximate surface area is 203 Å². The maximum atomic E-state index is 13.9. The highest BCUT2D eigenvalue weighted by atomic mass is 35.5. The van der Waals surface area contributed by atoms with Crippen molar-refractivity contribution in [2.24, 2.45) is 5.73 Å². The van der Waals surface area contributed by atoms with Crippen LogP contribution in [0.15, 0.2) is 40.8 Å². The van der Waals surface area contributed by atoms with E-state index in [1.807, 2.05) is 0 Å². The first-order valence-corrected chi connectivity index (χ1v) is 10.6. The molecule has 0 fully saturated rings. The first kappa shape index (κ1) is 27.1. The highest BCUT2D eigenvalue weighted by Gasteiger charge is 2.24. The molecule has 2 aromatic carbocycles. The van der Waals surface area contributed by atoms with Crippen LogP contribution in [0.1, 0.15) is 54.5 Å². The number of hydrogen-bond donors (Lipinski definition) is 2. The Morgan fingerprint density at radius 2 is 1.97 bits per heavy atom. The summed E-state index contributed by atoms with van der Waals surface area (Å²) >= 11 is 0. The smallest absolute Gasteiger partial charge is 0.273 e. The number of nitrogens with two attached hydrogens (primary N) is 1. The number of oxazole rings is 1. The average Bonchev–Trinajstić information content (AvgIpc) is 3.24. The third-order valence-electron chi connectivity index (χ3n) is 4.90. The van der Waals surface area contributed by atoms with Crippen molar-refractivity contribution in [2.75, 3.05) is 13.7 Å². The molecule has 3 rings (SSSR count). The Balaban J connectivity index is 0.00000408. The number of ether oxygens (including phenoxy) is 2. The summed E-state index contributed by atoms with van der Waals surface area (Å²) in [4.78, 5) is 17.1. The molecule has 0 unspecified atom stereocenters. The summed E-state index contributed by atoms with van der Waals surface area (Å²) in [5, 5.41) is 2.58. The van der Waals surface area contributed by atoms with E-state index >= 15 is 0 Å². The van der Waals surface area contributed by atoms with Crippen molar-refractivity contribution in [3.63, 3.8) is 0 Å². The second kappa shape index (κ2) is 12.3. The molecule has 0 radical (unpaired) electrons. The van der Waals surface area contributed by atoms with Crippen LogP contribution in [0.3, 0.4) is 0 Å². The largest absolute Gasteiger partial charge is 0.493 e. The van der Waals surface area contributed by atoms with Gasteiger partial charge in [0.05, 0.1) is 19.8 Å². The molecule has 0 aliphatic heterocycles. The van der Waals surface area contributed by atoms with Crippen molar-refractivity contribution in [1.29, 1.82) is 0 Å². The van der Waals surface area contributed by atoms with Gasteiger partial charge in [-0.3, -0.25) is 4.79 Å². The first-order chi connectivity index (χ1) is 15.8. The van der Waals surface area contributed by atoms with Crippen LogP contribution in [0.5, 0.6) is 11.5 Å². The SMILES string of the molecule is CCCCOc1cc(-c2nc(C(=O)NCc3ccc(F)cc3F)c([C@H](C)N)o2)ccc1OC.Cl. The van der Waals surface area contributed by atoms with Crippen molar-refractivity contribution in [3.8, 4) is 23.0 Å². The normalized spacial score (nSPS) is 11.5. The monoisotopic (exact) mass is 495 g/mol. The lowest BCUT2D eigenvalue weighted by Gasteiger charge is -2.11. The third kappa shape index (κ3) is 6.45. The second-order valence-electron chi connectivity index (χ2n) is 7.51. The van der Waals surface area contributed by atoms with Crippen molar-refractivity contribution in [1.82, 2.24) is 10.3 Å². The number of nitrogens with one attached hydrogen (secondary N) is 1. The van der Waals surface area contributed by atoms with Gasteiger partial charge < -0.3 is 24.9 Å². The summed E-state index contributed by atoms with van der Waals surface area (Å²) in [6.07, 6.45) is 1.87. The van der Waals surface area contributed by atoms with Crippen LogP contribution in [0.4, 0.5) is 8.78 Å². The Hall–Kier alpha value is -3.17. The molecule has 184 valence electrons. The highest BCUT2D eigenvalue weighted by Crippen LogP contribution is 2.34. The quantitative estimate of drug-likeness (QED) is 0.376. The minimum atomic E-state index is -0.752. The van der Waals surface area contributed by atoms with Gasteiger partial charge in [-0.05, 0) is 37.6 Å². The molecule has 10 heteroatoms. The Kier molecular flexibility index (Phi) is 9.83. The Morgan fingerprint density at radius 1 is 1.21 bits per heavy atom. The molecule has 0 bridgehead atoms. The van der Waals surface area contributed by atoms with Gasteiger partial charge in [0, 0.05) is 23.7 Å². The summed E-state index contributed by atoms with van der Waals surface area (Å²) in [5.74, 6) is -0.573. The number of hydrogen-bond acceptors (Lipinski definition) is 6. The summed E-state index contributed by atoms with van der Waals surface area (Å²) in [6.45, 7) is 4.11. The molecule has 1 aromatic heterocycles. The van der Waals surface area contributed by atoms with E-state index in [1.54, 1.807) is 32.2 Å². The standard InChI is InChI=1S/C24H27F2N3O4.ClH/c1-4-5-10-32-20-11-15(7-9-19(20)31-3)24-29-21(22(33-24)14(2)27)23(30)28-13-16-6-8-17(25)12-18(16)26;/h6-9,11-12,14H,4-5,10,13,27H2,1-3H3,(H,28,30);1H/t14-;/m0./s1. The fourth-order valence-electron chi connectivity index (χ4n) is 3.10. The number of carbonyl (C=O) groups excluding carboxylic acids is 1. The molecule has 3 aromatic rings. The van der Waals surface area contributed by atoms with Crippen LogP contribution in [-0.4, -0.2) is 24.6 Å². The van der Waals surface area contributed by atoms with Crippen molar-refractivity contribution in [3.05, 3.63) is 65.1 Å². The molecule has 0 saturated heterocycles. The zero-order valence-corrected chi connectivity index (χ0v) is 20.0. The number of benzene rings is 2. The highest BCUT2D eigenvalue weighted by molar-refractivity contribution is 5.94. The van der Waals surface area contributed by atoms with Gasteiger partial charge in [-0.25, -0.2) is 13.8 Å². The van der Waals surface area contributed by atoms with Gasteiger partial charge >= 0.3 is 0 Å². The molecule has 1 atom stereocenters. The molecule has 0 spiro atoms. The lowest BCUT2D eigenvalue weighted by Crippen LogP contribution is -2.25. The number of amides is 1. The Bertz CT molecular complexity index is 1120. The van der Waals surface area contributed by atoms with Gasteiger partial charge in [0.25, 0.3) is 5.91 Å². The molecular weight excluding hydrogens is 468 g/mol. The zero-order chi connectivity index (χ0) is 24.0. The maximum absolute atomic E-state index is 13.9. The predicted molar refractivity (Wildman–Crippen MR) is 126 cm³/mol. The third-order valence-corrected chi connectivity index (χ3v) is 4.90. The Morgan fingerprint density at radius 3 is 2.62 bits per heavy atom. The topological polar surface area (TPSA) is 99.6 Å². The van der Waals surface area contributed by atoms with Crippen molar-refractivity contribution >= 4 is 18.3 Å². The van der Waals surface area contributed by atoms with Crippen molar-refractivity contribution in [2.45, 2.75) is 39.3 Å². The minimum absolute atomic E-state index is 0. The number of halogens is 3. The van der Waals surface area contributed by atoms with Gasteiger partial charge in [-0.15, -0.1) is 12.4 Å². The van der Waals surface area contributed by atoms with E-state index in [4.69, 9.17) is 19.6 Å². The molecular formula is C24H28ClF2N3O4. The first-order valence-electron chi connectivity index (χ1n) is 10.6. The predicted octanol–water partition coefficient (Wildman–Crippen LogP) is 5.18. The fraction of sp³-hybridized carbons (Fsp3) is 0.333. The molecule has 7 nitrogen and oxygen atoms in total. The van der Waals surface area contributed by atoms with E-state index < -0.39 is 23.6 Å². The number of aromatic nitrogens is 1. The lowest BCUT2D eigenvalue weighted by molar-refractivity contribution is 0.0943. The van der Waals surface area contributed by atoms with Crippen LogP contribution in [0.2, 0.25) is 0 Å². The van der Waals surface area contributed by atoms with Crippen LogP contribution < -0.4 is 20.5 Å². The van der Waals surface area contributed by atoms with Crippen molar-refractivity contribution < 1.29 is 27.5 Å². The lowest BCUT2D eigenvalue weighted by atomic mass is 10.2. The minimum Gasteiger partial charge on any atom is -0.493 e. The maximum Gasteiger partial charge on any atom is 0.273 e. The summed E-state index contributed by atoms with van der Waals surface area (Å²) in [5.41, 5.74) is 6.70. The van der Waals surface area contributed by atoms with E-state index in [2.05, 4.69) is 17.2 Å². The number of methoxy groups -OCH3 is 1. The number of nitrogens with zero attached hydrogens (tertiary/aromatic N) is 1. The van der Waals surface area contributed by atoms with E-state index in [9.17, 15) is 13.6 Å². The number of rotatable bonds is 10. The molecule has 0 aliphatic carbocycles. The van der Waals surface area contributed by atoms with Gasteiger partial charge in [0.1, 0.15) is 11.6 Å². The number of carbonyl (C=O) groups is 1. The van der Waals surface area contributed by atoms with E-state index in [0.29, 0.717) is 23.7 Å². The number of unbranched alkanes of at least 4 members (excludes halogenated alkanes) is 1. The zero-order valence-electron chi connectivity index (χ0n) is 19.2. The van der Waals surface area contributed by atoms with Gasteiger partial charge in [0.15, 0.2) is 23.0 Å². The van der Waals surface area contributed by atoms with E-state index in [-0.39, 0.29) is 41.9 Å². The summed E-state index contributed by atoms with van der Waals surface area (Å²) < 4.78 is 43.9. The van der Waals surface area contributed by atoms with Crippen LogP contribution in [0, 0.1) is 11.6 Å². The van der Waals surface area contributed by atoms with Crippen LogP contribution >= 0.6 is 12.4 Å². The van der Waals surface area contributed by atoms with E-state index in [1.165, 1.54) is 6.07 Å². The van der Waals surface area contributed by atoms with Crippen LogP contribution in [0.25, 0.3) is 11.5 Å². The molecule has 0 saturated carbocycles. The second-order valence-corrected chi connectivity index (χ2v) is 7.51. The molecule has 1 heterocycles. The molecule has 34 heavy (non-hydrogen) atoms. The average molecular weight is 496 g/mol. The van der Waals surface area contributed by atoms with Gasteiger partial charge in [-0.2, -0.15) is 0 Å². The van der Waals surface area contributed by atoms with Crippen LogP contribution in [-0.2, 0) is 6.54 Å². The van der Waals surface area contributed by atoms with E-state index in [0.717, 1.165) is 25.0 Å².